The molecule has 24 heavy (non-hydrogen) atoms. The van der Waals surface area contributed by atoms with Crippen LogP contribution < -0.4 is 0 Å². The highest BCUT2D eigenvalue weighted by molar-refractivity contribution is 5.92. The molecule has 0 saturated heterocycles. The van der Waals surface area contributed by atoms with Crippen LogP contribution in [0.2, 0.25) is 0 Å². The van der Waals surface area contributed by atoms with Crippen LogP contribution in [0.15, 0.2) is 54.6 Å². The molecule has 0 N–H and O–H groups in total. The number of cyclic esters (lactones) is 1. The maximum absolute atomic E-state index is 12.6. The largest absolute Gasteiger partial charge is 0.450 e. The number of fused-ring (bicyclic) bond motifs is 1. The van der Waals surface area contributed by atoms with E-state index in [1.165, 1.54) is 0 Å². The summed E-state index contributed by atoms with van der Waals surface area (Å²) in [5.74, 6) is -0.208. The van der Waals surface area contributed by atoms with E-state index in [4.69, 9.17) is 4.74 Å². The zero-order chi connectivity index (χ0) is 17.0. The molecule has 0 bridgehead atoms. The van der Waals surface area contributed by atoms with Crippen LogP contribution in [-0.2, 0) is 16.8 Å². The molecule has 1 atom stereocenters. The van der Waals surface area contributed by atoms with Crippen molar-refractivity contribution in [2.24, 2.45) is 0 Å². The highest BCUT2D eigenvalue weighted by atomic mass is 16.6. The maximum atomic E-state index is 12.6. The summed E-state index contributed by atoms with van der Waals surface area (Å²) < 4.78 is 6.06. The van der Waals surface area contributed by atoms with Crippen LogP contribution in [0.4, 0.5) is 0 Å². The Kier molecular flexibility index (Phi) is 5.00. The van der Waals surface area contributed by atoms with Crippen molar-refractivity contribution in [1.29, 1.82) is 0 Å². The Hall–Kier alpha value is -2.13. The number of esters is 1. The lowest BCUT2D eigenvalue weighted by Gasteiger charge is -2.39. The van der Waals surface area contributed by atoms with Gasteiger partial charge in [-0.15, -0.1) is 0 Å². The summed E-state index contributed by atoms with van der Waals surface area (Å²) >= 11 is 0. The van der Waals surface area contributed by atoms with Crippen molar-refractivity contribution in [3.63, 3.8) is 0 Å². The van der Waals surface area contributed by atoms with Crippen LogP contribution in [0.5, 0.6) is 0 Å². The summed E-state index contributed by atoms with van der Waals surface area (Å²) in [6.07, 6.45) is 1.54. The van der Waals surface area contributed by atoms with Gasteiger partial charge in [0.05, 0.1) is 5.56 Å². The first-order chi connectivity index (χ1) is 11.7. The van der Waals surface area contributed by atoms with E-state index in [0.717, 1.165) is 43.6 Å². The zero-order valence-electron chi connectivity index (χ0n) is 14.5. The molecule has 0 radical (unpaired) electrons. The summed E-state index contributed by atoms with van der Waals surface area (Å²) in [6, 6.07) is 18.0. The first-order valence-corrected chi connectivity index (χ1v) is 8.77. The van der Waals surface area contributed by atoms with Gasteiger partial charge in [-0.05, 0) is 30.3 Å². The quantitative estimate of drug-likeness (QED) is 0.752. The number of benzene rings is 2. The summed E-state index contributed by atoms with van der Waals surface area (Å²) in [4.78, 5) is 15.0. The van der Waals surface area contributed by atoms with Crippen molar-refractivity contribution in [2.75, 3.05) is 19.6 Å². The molecule has 1 aliphatic rings. The first kappa shape index (κ1) is 16.7. The van der Waals surface area contributed by atoms with Gasteiger partial charge in [-0.3, -0.25) is 0 Å². The third kappa shape index (κ3) is 3.22. The Morgan fingerprint density at radius 2 is 1.67 bits per heavy atom. The smallest absolute Gasteiger partial charge is 0.339 e. The fourth-order valence-corrected chi connectivity index (χ4v) is 3.51. The Balaban J connectivity index is 1.97. The van der Waals surface area contributed by atoms with Crippen molar-refractivity contribution in [3.05, 3.63) is 71.3 Å². The number of hydrogen-bond acceptors (Lipinski definition) is 3. The maximum Gasteiger partial charge on any atom is 0.339 e. The van der Waals surface area contributed by atoms with E-state index in [1.807, 2.05) is 42.5 Å². The molecule has 2 aromatic carbocycles. The van der Waals surface area contributed by atoms with E-state index in [1.54, 1.807) is 0 Å². The summed E-state index contributed by atoms with van der Waals surface area (Å²) in [7, 11) is 0. The van der Waals surface area contributed by atoms with E-state index < -0.39 is 5.60 Å². The van der Waals surface area contributed by atoms with Gasteiger partial charge < -0.3 is 9.64 Å². The number of hydrogen-bond donors (Lipinski definition) is 0. The van der Waals surface area contributed by atoms with Crippen molar-refractivity contribution >= 4 is 5.97 Å². The lowest BCUT2D eigenvalue weighted by Crippen LogP contribution is -2.42. The zero-order valence-corrected chi connectivity index (χ0v) is 14.5. The highest BCUT2D eigenvalue weighted by Crippen LogP contribution is 2.39. The van der Waals surface area contributed by atoms with Crippen molar-refractivity contribution in [1.82, 2.24) is 4.90 Å². The highest BCUT2D eigenvalue weighted by Gasteiger charge is 2.41. The van der Waals surface area contributed by atoms with Crippen molar-refractivity contribution in [2.45, 2.75) is 32.3 Å². The minimum atomic E-state index is -0.574. The predicted molar refractivity (Wildman–Crippen MR) is 96.1 cm³/mol. The van der Waals surface area contributed by atoms with Crippen molar-refractivity contribution in [3.8, 4) is 0 Å². The van der Waals surface area contributed by atoms with Gasteiger partial charge in [-0.1, -0.05) is 62.4 Å². The van der Waals surface area contributed by atoms with Crippen LogP contribution >= 0.6 is 0 Å². The Morgan fingerprint density at radius 1 is 1.00 bits per heavy atom. The molecule has 0 saturated carbocycles. The average molecular weight is 323 g/mol. The minimum Gasteiger partial charge on any atom is -0.450 e. The summed E-state index contributed by atoms with van der Waals surface area (Å²) in [5.41, 5.74) is 2.29. The van der Waals surface area contributed by atoms with Crippen LogP contribution in [0.1, 0.15) is 41.8 Å². The van der Waals surface area contributed by atoms with E-state index in [0.29, 0.717) is 5.56 Å². The minimum absolute atomic E-state index is 0.208. The third-order valence-electron chi connectivity index (χ3n) is 5.03. The monoisotopic (exact) mass is 323 g/mol. The molecular formula is C21H25NO2. The molecule has 1 heterocycles. The molecule has 3 heteroatoms. The molecule has 0 fully saturated rings. The number of nitrogens with zero attached hydrogens (tertiary/aromatic N) is 1. The number of carbonyl (C=O) groups is 1. The molecule has 1 unspecified atom stereocenters. The Morgan fingerprint density at radius 3 is 2.38 bits per heavy atom. The topological polar surface area (TPSA) is 29.5 Å². The second kappa shape index (κ2) is 7.18. The third-order valence-corrected chi connectivity index (χ3v) is 5.03. The van der Waals surface area contributed by atoms with Gasteiger partial charge in [0, 0.05) is 19.4 Å². The number of rotatable bonds is 6. The van der Waals surface area contributed by atoms with Gasteiger partial charge in [0.15, 0.2) is 0 Å². The molecule has 2 aromatic rings. The molecule has 126 valence electrons. The lowest BCUT2D eigenvalue weighted by atomic mass is 9.80. The van der Waals surface area contributed by atoms with Crippen LogP contribution in [0.3, 0.4) is 0 Å². The Labute approximate surface area is 144 Å². The van der Waals surface area contributed by atoms with E-state index in [-0.39, 0.29) is 5.97 Å². The molecule has 3 rings (SSSR count). The van der Waals surface area contributed by atoms with Gasteiger partial charge >= 0.3 is 5.97 Å². The SMILES string of the molecule is CCN(CC)CCC1(c2ccccc2)Cc2ccccc2C(=O)O1. The molecule has 1 aliphatic heterocycles. The molecule has 0 aromatic heterocycles. The van der Waals surface area contributed by atoms with Crippen molar-refractivity contribution < 1.29 is 9.53 Å². The van der Waals surface area contributed by atoms with Gasteiger partial charge in [-0.2, -0.15) is 0 Å². The average Bonchev–Trinajstić information content (AvgIpc) is 2.63. The number of carbonyl (C=O) groups excluding carboxylic acids is 1. The van der Waals surface area contributed by atoms with E-state index in [9.17, 15) is 4.79 Å². The second-order valence-electron chi connectivity index (χ2n) is 6.36. The fourth-order valence-electron chi connectivity index (χ4n) is 3.51. The van der Waals surface area contributed by atoms with Crippen LogP contribution in [0.25, 0.3) is 0 Å². The molecule has 0 spiro atoms. The molecule has 0 amide bonds. The van der Waals surface area contributed by atoms with Crippen LogP contribution in [0, 0.1) is 0 Å². The normalized spacial score (nSPS) is 19.9. The molecule has 0 aliphatic carbocycles. The Bertz CT molecular complexity index is 694. The summed E-state index contributed by atoms with van der Waals surface area (Å²) in [6.45, 7) is 7.26. The van der Waals surface area contributed by atoms with E-state index in [2.05, 4.69) is 30.9 Å². The molecular weight excluding hydrogens is 298 g/mol. The van der Waals surface area contributed by atoms with Gasteiger partial charge in [-0.25, -0.2) is 4.79 Å². The number of ether oxygens (including phenoxy) is 1. The molecule has 3 nitrogen and oxygen atoms in total. The summed E-state index contributed by atoms with van der Waals surface area (Å²) in [5, 5.41) is 0. The standard InChI is InChI=1S/C21H25NO2/c1-3-22(4-2)15-14-21(18-11-6-5-7-12-18)16-17-10-8-9-13-19(17)20(23)24-21/h5-13H,3-4,14-16H2,1-2H3. The van der Waals surface area contributed by atoms with Gasteiger partial charge in [0.2, 0.25) is 0 Å². The van der Waals surface area contributed by atoms with Gasteiger partial charge in [0.1, 0.15) is 5.60 Å². The fraction of sp³-hybridized carbons (Fsp3) is 0.381. The second-order valence-corrected chi connectivity index (χ2v) is 6.36. The predicted octanol–water partition coefficient (Wildman–Crippen LogP) is 4.03. The van der Waals surface area contributed by atoms with Crippen LogP contribution in [-0.4, -0.2) is 30.5 Å². The van der Waals surface area contributed by atoms with E-state index >= 15 is 0 Å². The first-order valence-electron chi connectivity index (χ1n) is 8.77. The lowest BCUT2D eigenvalue weighted by molar-refractivity contribution is -0.0366. The van der Waals surface area contributed by atoms with Gasteiger partial charge in [0.25, 0.3) is 0 Å².